The van der Waals surface area contributed by atoms with Crippen LogP contribution in [0, 0.1) is 11.8 Å². The molecule has 1 aromatic rings. The maximum Gasteiger partial charge on any atom is 0.308 e. The molecule has 0 bridgehead atoms. The fraction of sp³-hybridized carbons (Fsp3) is 0.429. The number of amides is 1. The number of primary amides is 1. The Hall–Kier alpha value is -1.88. The number of rotatable bonds is 4. The molecule has 102 valence electrons. The minimum absolute atomic E-state index is 0.123. The van der Waals surface area contributed by atoms with Crippen LogP contribution in [0.1, 0.15) is 22.8 Å². The van der Waals surface area contributed by atoms with Crippen molar-refractivity contribution in [3.63, 3.8) is 0 Å². The van der Waals surface area contributed by atoms with Crippen molar-refractivity contribution >= 4 is 11.9 Å². The van der Waals surface area contributed by atoms with Crippen LogP contribution >= 0.6 is 0 Å². The molecule has 0 saturated carbocycles. The highest BCUT2D eigenvalue weighted by atomic mass is 16.4. The lowest BCUT2D eigenvalue weighted by Gasteiger charge is -2.16. The molecule has 0 spiro atoms. The minimum atomic E-state index is -0.752. The molecule has 2 atom stereocenters. The molecule has 2 rings (SSSR count). The molecule has 0 aliphatic carbocycles. The van der Waals surface area contributed by atoms with Crippen molar-refractivity contribution in [1.29, 1.82) is 0 Å². The van der Waals surface area contributed by atoms with E-state index < -0.39 is 11.9 Å². The zero-order valence-corrected chi connectivity index (χ0v) is 10.9. The third-order valence-electron chi connectivity index (χ3n) is 3.68. The van der Waals surface area contributed by atoms with Crippen molar-refractivity contribution < 1.29 is 14.7 Å². The second-order valence-corrected chi connectivity index (χ2v) is 5.14. The highest BCUT2D eigenvalue weighted by Crippen LogP contribution is 2.25. The molecule has 0 unspecified atom stereocenters. The van der Waals surface area contributed by atoms with Crippen molar-refractivity contribution in [3.8, 4) is 0 Å². The normalized spacial score (nSPS) is 23.4. The van der Waals surface area contributed by atoms with Crippen molar-refractivity contribution in [1.82, 2.24) is 4.90 Å². The van der Waals surface area contributed by atoms with Crippen molar-refractivity contribution in [2.45, 2.75) is 13.5 Å². The predicted octanol–water partition coefficient (Wildman–Crippen LogP) is 0.938. The van der Waals surface area contributed by atoms with Crippen LogP contribution in [0.2, 0.25) is 0 Å². The summed E-state index contributed by atoms with van der Waals surface area (Å²) in [7, 11) is 0. The Morgan fingerprint density at radius 1 is 1.37 bits per heavy atom. The van der Waals surface area contributed by atoms with Gasteiger partial charge in [-0.05, 0) is 17.5 Å². The van der Waals surface area contributed by atoms with Crippen LogP contribution in [0.15, 0.2) is 24.3 Å². The van der Waals surface area contributed by atoms with Gasteiger partial charge in [-0.2, -0.15) is 0 Å². The Bertz CT molecular complexity index is 501. The van der Waals surface area contributed by atoms with Gasteiger partial charge < -0.3 is 10.8 Å². The quantitative estimate of drug-likeness (QED) is 0.845. The lowest BCUT2D eigenvalue weighted by Crippen LogP contribution is -2.24. The molecule has 1 fully saturated rings. The van der Waals surface area contributed by atoms with Gasteiger partial charge in [0.25, 0.3) is 0 Å². The average molecular weight is 262 g/mol. The van der Waals surface area contributed by atoms with E-state index in [1.54, 1.807) is 12.1 Å². The third-order valence-corrected chi connectivity index (χ3v) is 3.68. The van der Waals surface area contributed by atoms with Crippen LogP contribution in [0.25, 0.3) is 0 Å². The van der Waals surface area contributed by atoms with E-state index in [9.17, 15) is 9.59 Å². The second-order valence-electron chi connectivity index (χ2n) is 5.14. The van der Waals surface area contributed by atoms with Crippen LogP contribution in [-0.2, 0) is 11.3 Å². The molecule has 1 saturated heterocycles. The Morgan fingerprint density at radius 2 is 2.05 bits per heavy atom. The van der Waals surface area contributed by atoms with E-state index in [2.05, 4.69) is 4.90 Å². The highest BCUT2D eigenvalue weighted by Gasteiger charge is 2.34. The van der Waals surface area contributed by atoms with Gasteiger partial charge in [-0.3, -0.25) is 14.5 Å². The van der Waals surface area contributed by atoms with Gasteiger partial charge in [-0.25, -0.2) is 0 Å². The van der Waals surface area contributed by atoms with Gasteiger partial charge >= 0.3 is 5.97 Å². The number of hydrogen-bond donors (Lipinski definition) is 2. The largest absolute Gasteiger partial charge is 0.481 e. The Balaban J connectivity index is 2.11. The average Bonchev–Trinajstić information content (AvgIpc) is 2.71. The second kappa shape index (κ2) is 5.40. The number of carboxylic acid groups (broad SMARTS) is 1. The van der Waals surface area contributed by atoms with Crippen LogP contribution in [0.3, 0.4) is 0 Å². The zero-order valence-electron chi connectivity index (χ0n) is 10.9. The molecule has 1 amide bonds. The molecular weight excluding hydrogens is 244 g/mol. The molecule has 5 nitrogen and oxygen atoms in total. The molecule has 3 N–H and O–H groups in total. The summed E-state index contributed by atoms with van der Waals surface area (Å²) in [6, 6.07) is 7.19. The van der Waals surface area contributed by atoms with Gasteiger partial charge in [-0.15, -0.1) is 0 Å². The van der Waals surface area contributed by atoms with Crippen LogP contribution < -0.4 is 5.73 Å². The monoisotopic (exact) mass is 262 g/mol. The molecule has 1 heterocycles. The molecule has 1 aromatic carbocycles. The summed E-state index contributed by atoms with van der Waals surface area (Å²) in [6.07, 6.45) is 0. The van der Waals surface area contributed by atoms with E-state index in [0.29, 0.717) is 18.7 Å². The first-order chi connectivity index (χ1) is 8.99. The number of likely N-dealkylation sites (tertiary alicyclic amines) is 1. The van der Waals surface area contributed by atoms with Gasteiger partial charge in [0.15, 0.2) is 0 Å². The number of hydrogen-bond acceptors (Lipinski definition) is 3. The first kappa shape index (κ1) is 13.5. The Labute approximate surface area is 112 Å². The molecule has 1 aliphatic heterocycles. The summed E-state index contributed by atoms with van der Waals surface area (Å²) < 4.78 is 0. The summed E-state index contributed by atoms with van der Waals surface area (Å²) in [4.78, 5) is 24.5. The summed E-state index contributed by atoms with van der Waals surface area (Å²) in [5.41, 5.74) is 6.70. The number of nitrogens with zero attached hydrogens (tertiary/aromatic N) is 1. The number of benzene rings is 1. The lowest BCUT2D eigenvalue weighted by atomic mass is 9.99. The van der Waals surface area contributed by atoms with Gasteiger partial charge in [0, 0.05) is 25.2 Å². The number of carboxylic acids is 1. The molecular formula is C14H18N2O3. The maximum absolute atomic E-state index is 11.3. The Morgan fingerprint density at radius 3 is 2.63 bits per heavy atom. The fourth-order valence-electron chi connectivity index (χ4n) is 2.66. The first-order valence-electron chi connectivity index (χ1n) is 6.32. The van der Waals surface area contributed by atoms with Crippen LogP contribution in [0.4, 0.5) is 0 Å². The molecule has 1 aliphatic rings. The number of carbonyl (C=O) groups excluding carboxylic acids is 1. The lowest BCUT2D eigenvalue weighted by molar-refractivity contribution is -0.142. The third kappa shape index (κ3) is 2.93. The van der Waals surface area contributed by atoms with Gasteiger partial charge in [0.05, 0.1) is 5.92 Å². The molecule has 0 radical (unpaired) electrons. The van der Waals surface area contributed by atoms with Crippen LogP contribution in [-0.4, -0.2) is 35.0 Å². The number of aliphatic carboxylic acids is 1. The topological polar surface area (TPSA) is 83.6 Å². The summed E-state index contributed by atoms with van der Waals surface area (Å²) in [5.74, 6) is -1.41. The summed E-state index contributed by atoms with van der Waals surface area (Å²) in [5, 5.41) is 9.11. The first-order valence-corrected chi connectivity index (χ1v) is 6.32. The van der Waals surface area contributed by atoms with Crippen LogP contribution in [0.5, 0.6) is 0 Å². The van der Waals surface area contributed by atoms with E-state index in [4.69, 9.17) is 10.8 Å². The SMILES string of the molecule is C[C@@H]1CN(Cc2ccccc2C(N)=O)C[C@H]1C(=O)O. The van der Waals surface area contributed by atoms with E-state index >= 15 is 0 Å². The van der Waals surface area contributed by atoms with Gasteiger partial charge in [-0.1, -0.05) is 25.1 Å². The van der Waals surface area contributed by atoms with E-state index in [1.165, 1.54) is 0 Å². The molecule has 0 aromatic heterocycles. The fourth-order valence-corrected chi connectivity index (χ4v) is 2.66. The Kier molecular flexibility index (Phi) is 3.85. The van der Waals surface area contributed by atoms with E-state index in [-0.39, 0.29) is 11.8 Å². The summed E-state index contributed by atoms with van der Waals surface area (Å²) >= 11 is 0. The number of nitrogens with two attached hydrogens (primary N) is 1. The predicted molar refractivity (Wildman–Crippen MR) is 70.5 cm³/mol. The van der Waals surface area contributed by atoms with E-state index in [1.807, 2.05) is 19.1 Å². The van der Waals surface area contributed by atoms with Gasteiger partial charge in [0.2, 0.25) is 5.91 Å². The highest BCUT2D eigenvalue weighted by molar-refractivity contribution is 5.94. The van der Waals surface area contributed by atoms with Crippen molar-refractivity contribution in [2.24, 2.45) is 17.6 Å². The van der Waals surface area contributed by atoms with Gasteiger partial charge in [0.1, 0.15) is 0 Å². The summed E-state index contributed by atoms with van der Waals surface area (Å²) in [6.45, 7) is 3.75. The molecule has 5 heteroatoms. The molecule has 19 heavy (non-hydrogen) atoms. The number of carbonyl (C=O) groups is 2. The minimum Gasteiger partial charge on any atom is -0.481 e. The maximum atomic E-state index is 11.3. The smallest absolute Gasteiger partial charge is 0.308 e. The van der Waals surface area contributed by atoms with Crippen molar-refractivity contribution in [2.75, 3.05) is 13.1 Å². The van der Waals surface area contributed by atoms with E-state index in [0.717, 1.165) is 12.1 Å². The van der Waals surface area contributed by atoms with Crippen molar-refractivity contribution in [3.05, 3.63) is 35.4 Å². The zero-order chi connectivity index (χ0) is 14.0. The standard InChI is InChI=1S/C14H18N2O3/c1-9-6-16(8-12(9)14(18)19)7-10-4-2-3-5-11(10)13(15)17/h2-5,9,12H,6-8H2,1H3,(H2,15,17)(H,18,19)/t9-,12-/m1/s1.